The smallest absolute Gasteiger partial charge is 0.181 e. The summed E-state index contributed by atoms with van der Waals surface area (Å²) in [4.78, 5) is 4.54. The highest BCUT2D eigenvalue weighted by molar-refractivity contribution is 5.59. The van der Waals surface area contributed by atoms with Crippen LogP contribution >= 0.6 is 0 Å². The second kappa shape index (κ2) is 5.99. The first kappa shape index (κ1) is 14.3. The summed E-state index contributed by atoms with van der Waals surface area (Å²) >= 11 is 0. The number of rotatable bonds is 4. The Morgan fingerprint density at radius 1 is 1.09 bits per heavy atom. The van der Waals surface area contributed by atoms with Gasteiger partial charge in [0.1, 0.15) is 11.6 Å². The zero-order valence-electron chi connectivity index (χ0n) is 12.6. The number of benzene rings is 2. The van der Waals surface area contributed by atoms with Gasteiger partial charge in [0.2, 0.25) is 0 Å². The molecule has 2 aromatic carbocycles. The largest absolute Gasteiger partial charge is 0.497 e. The van der Waals surface area contributed by atoms with Gasteiger partial charge in [0, 0.05) is 5.56 Å². The lowest BCUT2D eigenvalue weighted by atomic mass is 10.1. The minimum Gasteiger partial charge on any atom is -0.497 e. The van der Waals surface area contributed by atoms with Crippen LogP contribution in [-0.2, 0) is 0 Å². The highest BCUT2D eigenvalue weighted by Gasteiger charge is 2.15. The molecule has 0 aliphatic heterocycles. The van der Waals surface area contributed by atoms with E-state index < -0.39 is 0 Å². The molecule has 5 heteroatoms. The van der Waals surface area contributed by atoms with E-state index in [9.17, 15) is 0 Å². The molecule has 0 saturated heterocycles. The van der Waals surface area contributed by atoms with Gasteiger partial charge in [-0.15, -0.1) is 0 Å². The van der Waals surface area contributed by atoms with Crippen molar-refractivity contribution in [2.75, 3.05) is 7.11 Å². The summed E-state index contributed by atoms with van der Waals surface area (Å²) in [6.07, 6.45) is 0. The number of nitrogens with zero attached hydrogens (tertiary/aromatic N) is 2. The Balaban J connectivity index is 1.88. The molecule has 0 unspecified atom stereocenters. The highest BCUT2D eigenvalue weighted by Crippen LogP contribution is 2.23. The van der Waals surface area contributed by atoms with Crippen LogP contribution in [0, 0.1) is 6.92 Å². The Morgan fingerprint density at radius 3 is 2.50 bits per heavy atom. The van der Waals surface area contributed by atoms with Crippen molar-refractivity contribution in [3.05, 3.63) is 65.5 Å². The van der Waals surface area contributed by atoms with E-state index in [2.05, 4.69) is 15.2 Å². The van der Waals surface area contributed by atoms with E-state index in [4.69, 9.17) is 10.5 Å². The number of aromatic amines is 1. The Labute approximate surface area is 129 Å². The quantitative estimate of drug-likeness (QED) is 0.775. The summed E-state index contributed by atoms with van der Waals surface area (Å²) in [5.74, 6) is 2.11. The average molecular weight is 294 g/mol. The fourth-order valence-electron chi connectivity index (χ4n) is 2.33. The molecular formula is C17H18N4O. The minimum atomic E-state index is -0.351. The molecule has 3 aromatic rings. The molecule has 22 heavy (non-hydrogen) atoms. The summed E-state index contributed by atoms with van der Waals surface area (Å²) in [5, 5.41) is 7.23. The van der Waals surface area contributed by atoms with Crippen LogP contribution < -0.4 is 10.5 Å². The van der Waals surface area contributed by atoms with Gasteiger partial charge in [-0.25, -0.2) is 4.98 Å². The molecule has 1 atom stereocenters. The summed E-state index contributed by atoms with van der Waals surface area (Å²) < 4.78 is 5.15. The number of methoxy groups -OCH3 is 1. The van der Waals surface area contributed by atoms with E-state index in [1.807, 2.05) is 55.5 Å². The van der Waals surface area contributed by atoms with Gasteiger partial charge in [-0.2, -0.15) is 5.10 Å². The number of ether oxygens (including phenoxy) is 1. The predicted molar refractivity (Wildman–Crippen MR) is 85.6 cm³/mol. The first-order valence-electron chi connectivity index (χ1n) is 7.07. The van der Waals surface area contributed by atoms with Crippen LogP contribution in [0.1, 0.15) is 23.0 Å². The van der Waals surface area contributed by atoms with E-state index in [1.165, 1.54) is 0 Å². The molecule has 3 rings (SSSR count). The van der Waals surface area contributed by atoms with Gasteiger partial charge in [-0.3, -0.25) is 5.10 Å². The molecule has 0 bridgehead atoms. The second-order valence-electron chi connectivity index (χ2n) is 5.11. The van der Waals surface area contributed by atoms with Gasteiger partial charge in [-0.05, 0) is 30.2 Å². The van der Waals surface area contributed by atoms with E-state index in [0.29, 0.717) is 11.6 Å². The Morgan fingerprint density at radius 2 is 1.82 bits per heavy atom. The van der Waals surface area contributed by atoms with Crippen LogP contribution in [0.5, 0.6) is 5.75 Å². The summed E-state index contributed by atoms with van der Waals surface area (Å²) in [7, 11) is 1.64. The van der Waals surface area contributed by atoms with Crippen molar-refractivity contribution >= 4 is 0 Å². The third-order valence-corrected chi connectivity index (χ3v) is 3.66. The minimum absolute atomic E-state index is 0.351. The molecule has 0 amide bonds. The lowest BCUT2D eigenvalue weighted by Gasteiger charge is -2.09. The van der Waals surface area contributed by atoms with Gasteiger partial charge in [0.05, 0.1) is 13.2 Å². The maximum atomic E-state index is 6.26. The van der Waals surface area contributed by atoms with Gasteiger partial charge < -0.3 is 10.5 Å². The van der Waals surface area contributed by atoms with E-state index in [-0.39, 0.29) is 6.04 Å². The fourth-order valence-corrected chi connectivity index (χ4v) is 2.33. The number of H-pyrrole nitrogens is 1. The standard InChI is InChI=1S/C17H18N4O/c1-11-5-3-4-6-14(11)16-19-17(21-20-16)15(18)12-7-9-13(22-2)10-8-12/h3-10,15H,18H2,1-2H3,(H,19,20,21)/t15-/m0/s1. The maximum Gasteiger partial charge on any atom is 0.181 e. The molecule has 0 saturated carbocycles. The summed E-state index contributed by atoms with van der Waals surface area (Å²) in [6.45, 7) is 2.04. The lowest BCUT2D eigenvalue weighted by Crippen LogP contribution is -2.13. The van der Waals surface area contributed by atoms with E-state index in [0.717, 1.165) is 22.4 Å². The molecule has 1 heterocycles. The number of hydrogen-bond donors (Lipinski definition) is 2. The third kappa shape index (κ3) is 2.71. The normalized spacial score (nSPS) is 12.1. The molecule has 0 radical (unpaired) electrons. The number of nitrogens with one attached hydrogen (secondary N) is 1. The first-order valence-corrected chi connectivity index (χ1v) is 7.07. The van der Waals surface area contributed by atoms with Crippen LogP contribution in [0.4, 0.5) is 0 Å². The van der Waals surface area contributed by atoms with Crippen LogP contribution in [0.3, 0.4) is 0 Å². The Kier molecular flexibility index (Phi) is 3.89. The monoisotopic (exact) mass is 294 g/mol. The number of nitrogens with two attached hydrogens (primary N) is 1. The maximum absolute atomic E-state index is 6.26. The van der Waals surface area contributed by atoms with Crippen molar-refractivity contribution in [3.8, 4) is 17.1 Å². The van der Waals surface area contributed by atoms with Crippen molar-refractivity contribution in [1.29, 1.82) is 0 Å². The zero-order chi connectivity index (χ0) is 15.5. The molecule has 112 valence electrons. The molecule has 5 nitrogen and oxygen atoms in total. The van der Waals surface area contributed by atoms with Crippen LogP contribution in [0.15, 0.2) is 48.5 Å². The van der Waals surface area contributed by atoms with Crippen LogP contribution in [0.2, 0.25) is 0 Å². The fraction of sp³-hybridized carbons (Fsp3) is 0.176. The van der Waals surface area contributed by atoms with Crippen molar-refractivity contribution in [2.24, 2.45) is 5.73 Å². The molecule has 0 fully saturated rings. The second-order valence-corrected chi connectivity index (χ2v) is 5.11. The number of aryl methyl sites for hydroxylation is 1. The Hall–Kier alpha value is -2.66. The first-order chi connectivity index (χ1) is 10.7. The van der Waals surface area contributed by atoms with Gasteiger partial charge in [0.15, 0.2) is 5.82 Å². The van der Waals surface area contributed by atoms with Gasteiger partial charge >= 0.3 is 0 Å². The van der Waals surface area contributed by atoms with Crippen molar-refractivity contribution < 1.29 is 4.74 Å². The van der Waals surface area contributed by atoms with E-state index >= 15 is 0 Å². The van der Waals surface area contributed by atoms with Gasteiger partial charge in [0.25, 0.3) is 0 Å². The molecular weight excluding hydrogens is 276 g/mol. The van der Waals surface area contributed by atoms with Crippen molar-refractivity contribution in [3.63, 3.8) is 0 Å². The third-order valence-electron chi connectivity index (χ3n) is 3.66. The molecule has 0 aliphatic rings. The highest BCUT2D eigenvalue weighted by atomic mass is 16.5. The van der Waals surface area contributed by atoms with E-state index in [1.54, 1.807) is 7.11 Å². The average Bonchev–Trinajstić information content (AvgIpc) is 3.04. The van der Waals surface area contributed by atoms with Crippen LogP contribution in [-0.4, -0.2) is 22.3 Å². The summed E-state index contributed by atoms with van der Waals surface area (Å²) in [5.41, 5.74) is 9.35. The van der Waals surface area contributed by atoms with Gasteiger partial charge in [-0.1, -0.05) is 36.4 Å². The topological polar surface area (TPSA) is 76.8 Å². The van der Waals surface area contributed by atoms with Crippen LogP contribution in [0.25, 0.3) is 11.4 Å². The molecule has 0 spiro atoms. The molecule has 0 aliphatic carbocycles. The number of aromatic nitrogens is 3. The zero-order valence-corrected chi connectivity index (χ0v) is 12.6. The summed E-state index contributed by atoms with van der Waals surface area (Å²) in [6, 6.07) is 15.3. The van der Waals surface area contributed by atoms with Crippen molar-refractivity contribution in [1.82, 2.24) is 15.2 Å². The lowest BCUT2D eigenvalue weighted by molar-refractivity contribution is 0.414. The SMILES string of the molecule is COc1ccc([C@H](N)c2nc(-c3ccccc3C)n[nH]2)cc1. The molecule has 3 N–H and O–H groups in total. The Bertz CT molecular complexity index is 764. The molecule has 1 aromatic heterocycles. The van der Waals surface area contributed by atoms with Crippen molar-refractivity contribution in [2.45, 2.75) is 13.0 Å². The number of hydrogen-bond acceptors (Lipinski definition) is 4. The predicted octanol–water partition coefficient (Wildman–Crippen LogP) is 2.84.